The molecular formula is C13H22N4. The van der Waals surface area contributed by atoms with Gasteiger partial charge in [-0.2, -0.15) is 0 Å². The van der Waals surface area contributed by atoms with Gasteiger partial charge in [0.25, 0.3) is 0 Å². The van der Waals surface area contributed by atoms with E-state index in [1.807, 2.05) is 13.0 Å². The van der Waals surface area contributed by atoms with Gasteiger partial charge in [-0.15, -0.1) is 0 Å². The van der Waals surface area contributed by atoms with Gasteiger partial charge in [0.05, 0.1) is 11.9 Å². The van der Waals surface area contributed by atoms with Crippen molar-refractivity contribution in [1.82, 2.24) is 9.88 Å². The van der Waals surface area contributed by atoms with Crippen LogP contribution in [0.3, 0.4) is 0 Å². The molecule has 1 saturated heterocycles. The Labute approximate surface area is 103 Å². The highest BCUT2D eigenvalue weighted by Gasteiger charge is 2.20. The van der Waals surface area contributed by atoms with Crippen LogP contribution in [0.25, 0.3) is 0 Å². The maximum Gasteiger partial charge on any atom is 0.126 e. The van der Waals surface area contributed by atoms with Gasteiger partial charge >= 0.3 is 0 Å². The lowest BCUT2D eigenvalue weighted by atomic mass is 10.1. The van der Waals surface area contributed by atoms with E-state index in [1.165, 1.54) is 19.5 Å². The standard InChI is InChI=1S/C13H22N4/c1-3-17-5-4-11(9-17)7-15-13-6-10(2)12(14)8-16-13/h6,8,11H,3-5,7,9,14H2,1-2H3,(H,15,16). The number of hydrogen-bond donors (Lipinski definition) is 2. The summed E-state index contributed by atoms with van der Waals surface area (Å²) in [5.41, 5.74) is 7.59. The number of likely N-dealkylation sites (tertiary alicyclic amines) is 1. The molecule has 1 aromatic rings. The van der Waals surface area contributed by atoms with E-state index in [9.17, 15) is 0 Å². The number of rotatable bonds is 4. The molecule has 1 fully saturated rings. The van der Waals surface area contributed by atoms with Crippen LogP contribution in [-0.4, -0.2) is 36.1 Å². The number of pyridine rings is 1. The van der Waals surface area contributed by atoms with Crippen LogP contribution in [0.5, 0.6) is 0 Å². The highest BCUT2D eigenvalue weighted by Crippen LogP contribution is 2.17. The molecule has 0 spiro atoms. The largest absolute Gasteiger partial charge is 0.397 e. The molecule has 94 valence electrons. The molecule has 0 saturated carbocycles. The second kappa shape index (κ2) is 5.36. The normalized spacial score (nSPS) is 20.7. The monoisotopic (exact) mass is 234 g/mol. The maximum atomic E-state index is 5.75. The van der Waals surface area contributed by atoms with Gasteiger partial charge in [0, 0.05) is 13.1 Å². The van der Waals surface area contributed by atoms with E-state index < -0.39 is 0 Å². The molecule has 3 N–H and O–H groups in total. The van der Waals surface area contributed by atoms with Crippen molar-refractivity contribution in [2.75, 3.05) is 37.2 Å². The summed E-state index contributed by atoms with van der Waals surface area (Å²) in [6.07, 6.45) is 3.01. The van der Waals surface area contributed by atoms with E-state index in [0.717, 1.165) is 36.1 Å². The Morgan fingerprint density at radius 3 is 3.06 bits per heavy atom. The van der Waals surface area contributed by atoms with Gasteiger partial charge in [-0.3, -0.25) is 0 Å². The van der Waals surface area contributed by atoms with Gasteiger partial charge in [-0.25, -0.2) is 4.98 Å². The molecule has 1 atom stereocenters. The Bertz CT molecular complexity index is 378. The number of nitrogens with zero attached hydrogens (tertiary/aromatic N) is 2. The summed E-state index contributed by atoms with van der Waals surface area (Å²) >= 11 is 0. The quantitative estimate of drug-likeness (QED) is 0.833. The molecule has 17 heavy (non-hydrogen) atoms. The number of nitrogen functional groups attached to an aromatic ring is 1. The van der Waals surface area contributed by atoms with Crippen molar-refractivity contribution < 1.29 is 0 Å². The predicted octanol–water partition coefficient (Wildman–Crippen LogP) is 1.73. The molecular weight excluding hydrogens is 212 g/mol. The van der Waals surface area contributed by atoms with Gasteiger partial charge in [0.2, 0.25) is 0 Å². The first-order valence-electron chi connectivity index (χ1n) is 6.37. The van der Waals surface area contributed by atoms with Crippen LogP contribution in [0, 0.1) is 12.8 Å². The lowest BCUT2D eigenvalue weighted by Gasteiger charge is -2.14. The highest BCUT2D eigenvalue weighted by atomic mass is 15.1. The molecule has 0 aliphatic carbocycles. The molecule has 4 heteroatoms. The molecule has 0 aromatic carbocycles. The Morgan fingerprint density at radius 2 is 2.41 bits per heavy atom. The van der Waals surface area contributed by atoms with Gasteiger partial charge in [-0.05, 0) is 44.0 Å². The fourth-order valence-corrected chi connectivity index (χ4v) is 2.28. The minimum absolute atomic E-state index is 0.745. The van der Waals surface area contributed by atoms with Crippen molar-refractivity contribution in [3.63, 3.8) is 0 Å². The van der Waals surface area contributed by atoms with E-state index >= 15 is 0 Å². The number of nitrogens with two attached hydrogens (primary N) is 1. The summed E-state index contributed by atoms with van der Waals surface area (Å²) in [5.74, 6) is 1.68. The van der Waals surface area contributed by atoms with Gasteiger partial charge < -0.3 is 16.0 Å². The highest BCUT2D eigenvalue weighted by molar-refractivity contribution is 5.50. The number of aryl methyl sites for hydroxylation is 1. The lowest BCUT2D eigenvalue weighted by Crippen LogP contribution is -2.22. The third-order valence-electron chi connectivity index (χ3n) is 3.54. The van der Waals surface area contributed by atoms with Crippen LogP contribution < -0.4 is 11.1 Å². The van der Waals surface area contributed by atoms with Crippen molar-refractivity contribution in [3.8, 4) is 0 Å². The summed E-state index contributed by atoms with van der Waals surface area (Å²) in [5, 5.41) is 3.41. The minimum Gasteiger partial charge on any atom is -0.397 e. The Morgan fingerprint density at radius 1 is 1.59 bits per heavy atom. The first-order chi connectivity index (χ1) is 8.19. The van der Waals surface area contributed by atoms with E-state index in [4.69, 9.17) is 5.73 Å². The van der Waals surface area contributed by atoms with Crippen LogP contribution in [0.15, 0.2) is 12.3 Å². The number of nitrogens with one attached hydrogen (secondary N) is 1. The fraction of sp³-hybridized carbons (Fsp3) is 0.615. The summed E-state index contributed by atoms with van der Waals surface area (Å²) < 4.78 is 0. The van der Waals surface area contributed by atoms with Crippen molar-refractivity contribution in [2.24, 2.45) is 5.92 Å². The maximum absolute atomic E-state index is 5.75. The molecule has 2 heterocycles. The van der Waals surface area contributed by atoms with Crippen LogP contribution in [0.1, 0.15) is 18.9 Å². The van der Waals surface area contributed by atoms with Crippen LogP contribution in [0.2, 0.25) is 0 Å². The SMILES string of the molecule is CCN1CCC(CNc2cc(C)c(N)cn2)C1. The molecule has 1 unspecified atom stereocenters. The molecule has 1 aromatic heterocycles. The number of hydrogen-bond acceptors (Lipinski definition) is 4. The zero-order valence-electron chi connectivity index (χ0n) is 10.7. The summed E-state index contributed by atoms with van der Waals surface area (Å²) in [4.78, 5) is 6.78. The third kappa shape index (κ3) is 3.09. The van der Waals surface area contributed by atoms with E-state index in [0.29, 0.717) is 0 Å². The van der Waals surface area contributed by atoms with Crippen molar-refractivity contribution in [2.45, 2.75) is 20.3 Å². The van der Waals surface area contributed by atoms with Gasteiger partial charge in [-0.1, -0.05) is 6.92 Å². The van der Waals surface area contributed by atoms with Gasteiger partial charge in [0.1, 0.15) is 5.82 Å². The summed E-state index contributed by atoms with van der Waals surface area (Å²) in [6.45, 7) is 8.84. The number of anilines is 2. The average Bonchev–Trinajstić information content (AvgIpc) is 2.79. The zero-order valence-corrected chi connectivity index (χ0v) is 10.7. The predicted molar refractivity (Wildman–Crippen MR) is 72.1 cm³/mol. The fourth-order valence-electron chi connectivity index (χ4n) is 2.28. The second-order valence-electron chi connectivity index (χ2n) is 4.85. The summed E-state index contributed by atoms with van der Waals surface area (Å²) in [6, 6.07) is 2.02. The molecule has 0 radical (unpaired) electrons. The topological polar surface area (TPSA) is 54.2 Å². The van der Waals surface area contributed by atoms with Crippen LogP contribution in [-0.2, 0) is 0 Å². The molecule has 1 aliphatic heterocycles. The molecule has 0 amide bonds. The Kier molecular flexibility index (Phi) is 3.84. The average molecular weight is 234 g/mol. The van der Waals surface area contributed by atoms with E-state index in [-0.39, 0.29) is 0 Å². The lowest BCUT2D eigenvalue weighted by molar-refractivity contribution is 0.345. The zero-order chi connectivity index (χ0) is 12.3. The second-order valence-corrected chi connectivity index (χ2v) is 4.85. The van der Waals surface area contributed by atoms with Crippen molar-refractivity contribution >= 4 is 11.5 Å². The van der Waals surface area contributed by atoms with Crippen LogP contribution in [0.4, 0.5) is 11.5 Å². The Balaban J connectivity index is 1.84. The molecule has 0 bridgehead atoms. The van der Waals surface area contributed by atoms with Gasteiger partial charge in [0.15, 0.2) is 0 Å². The molecule has 4 nitrogen and oxygen atoms in total. The minimum atomic E-state index is 0.745. The van der Waals surface area contributed by atoms with E-state index in [2.05, 4.69) is 22.1 Å². The van der Waals surface area contributed by atoms with E-state index in [1.54, 1.807) is 6.20 Å². The number of aromatic nitrogens is 1. The first kappa shape index (κ1) is 12.2. The first-order valence-corrected chi connectivity index (χ1v) is 6.37. The van der Waals surface area contributed by atoms with Crippen molar-refractivity contribution in [1.29, 1.82) is 0 Å². The summed E-state index contributed by atoms with van der Waals surface area (Å²) in [7, 11) is 0. The third-order valence-corrected chi connectivity index (χ3v) is 3.54. The van der Waals surface area contributed by atoms with Crippen LogP contribution >= 0.6 is 0 Å². The molecule has 1 aliphatic rings. The molecule has 2 rings (SSSR count). The van der Waals surface area contributed by atoms with Crippen molar-refractivity contribution in [3.05, 3.63) is 17.8 Å². The smallest absolute Gasteiger partial charge is 0.126 e. The Hall–Kier alpha value is -1.29.